The zero-order valence-corrected chi connectivity index (χ0v) is 19.2. The first-order valence-corrected chi connectivity index (χ1v) is 11.4. The van der Waals surface area contributed by atoms with Crippen LogP contribution >= 0.6 is 0 Å². The molecule has 4 rings (SSSR count). The Labute approximate surface area is 188 Å². The van der Waals surface area contributed by atoms with Gasteiger partial charge in [-0.05, 0) is 50.4 Å². The van der Waals surface area contributed by atoms with Gasteiger partial charge in [-0.2, -0.15) is 9.97 Å². The maximum absolute atomic E-state index is 11.5. The normalized spacial score (nSPS) is 14.9. The summed E-state index contributed by atoms with van der Waals surface area (Å²) in [6.07, 6.45) is 1.99. The molecule has 0 amide bonds. The summed E-state index contributed by atoms with van der Waals surface area (Å²) in [7, 11) is 0. The molecule has 1 aliphatic rings. The summed E-state index contributed by atoms with van der Waals surface area (Å²) in [5.41, 5.74) is 2.30. The van der Waals surface area contributed by atoms with E-state index in [9.17, 15) is 4.79 Å². The Kier molecular flexibility index (Phi) is 6.99. The van der Waals surface area contributed by atoms with Crippen LogP contribution in [0, 0.1) is 6.92 Å². The first-order valence-electron chi connectivity index (χ1n) is 11.4. The second-order valence-corrected chi connectivity index (χ2v) is 8.64. The Balaban J connectivity index is 1.19. The van der Waals surface area contributed by atoms with Crippen molar-refractivity contribution in [3.63, 3.8) is 0 Å². The molecule has 0 aliphatic carbocycles. The van der Waals surface area contributed by atoms with Gasteiger partial charge in [0.05, 0.1) is 12.3 Å². The predicted octanol–water partition coefficient (Wildman–Crippen LogP) is 3.13. The van der Waals surface area contributed by atoms with Gasteiger partial charge in [-0.25, -0.2) is 4.98 Å². The number of nitrogens with zero attached hydrogens (tertiary/aromatic N) is 5. The van der Waals surface area contributed by atoms with Crippen molar-refractivity contribution in [2.45, 2.75) is 39.5 Å². The number of hydrogen-bond donors (Lipinski definition) is 1. The fraction of sp³-hybridized carbons (Fsp3) is 0.500. The Morgan fingerprint density at radius 1 is 1.03 bits per heavy atom. The smallest absolute Gasteiger partial charge is 0.318 e. The van der Waals surface area contributed by atoms with Gasteiger partial charge in [-0.15, -0.1) is 0 Å². The van der Waals surface area contributed by atoms with Gasteiger partial charge < -0.3 is 14.6 Å². The molecular formula is C24H32N6O2. The molecule has 0 bridgehead atoms. The Bertz CT molecular complexity index is 1110. The van der Waals surface area contributed by atoms with Gasteiger partial charge in [0.1, 0.15) is 11.5 Å². The third-order valence-corrected chi connectivity index (χ3v) is 5.90. The highest BCUT2D eigenvalue weighted by Crippen LogP contribution is 2.19. The molecule has 0 atom stereocenters. The number of unbranched alkanes of at least 4 members (excludes halogenated alkanes) is 1. The van der Waals surface area contributed by atoms with Crippen LogP contribution in [0.2, 0.25) is 0 Å². The second-order valence-electron chi connectivity index (χ2n) is 8.64. The molecule has 0 unspecified atom stereocenters. The maximum atomic E-state index is 11.5. The van der Waals surface area contributed by atoms with Crippen molar-refractivity contribution in [1.29, 1.82) is 0 Å². The van der Waals surface area contributed by atoms with Crippen LogP contribution in [0.5, 0.6) is 6.01 Å². The molecule has 170 valence electrons. The van der Waals surface area contributed by atoms with Crippen LogP contribution in [-0.4, -0.2) is 64.2 Å². The number of aryl methyl sites for hydroxylation is 1. The van der Waals surface area contributed by atoms with E-state index in [1.807, 2.05) is 6.92 Å². The summed E-state index contributed by atoms with van der Waals surface area (Å²) in [6.45, 7) is 12.0. The number of H-pyrrole nitrogens is 1. The lowest BCUT2D eigenvalue weighted by molar-refractivity contribution is 0.233. The number of ether oxygens (including phenoxy) is 1. The molecule has 0 saturated carbocycles. The van der Waals surface area contributed by atoms with E-state index in [0.717, 1.165) is 68.2 Å². The molecule has 1 aliphatic heterocycles. The summed E-state index contributed by atoms with van der Waals surface area (Å²) in [6, 6.07) is 9.88. The fourth-order valence-corrected chi connectivity index (χ4v) is 3.97. The summed E-state index contributed by atoms with van der Waals surface area (Å²) < 4.78 is 5.75. The molecule has 0 radical (unpaired) electrons. The summed E-state index contributed by atoms with van der Waals surface area (Å²) in [4.78, 5) is 32.7. The molecule has 1 fully saturated rings. The van der Waals surface area contributed by atoms with Gasteiger partial charge in [0, 0.05) is 43.3 Å². The van der Waals surface area contributed by atoms with Crippen molar-refractivity contribution in [1.82, 2.24) is 24.8 Å². The van der Waals surface area contributed by atoms with E-state index in [1.165, 1.54) is 6.07 Å². The minimum absolute atomic E-state index is 0.176. The number of fused-ring (bicyclic) bond motifs is 1. The number of aromatic amines is 1. The minimum Gasteiger partial charge on any atom is -0.463 e. The number of hydrogen-bond acceptors (Lipinski definition) is 7. The Morgan fingerprint density at radius 2 is 1.84 bits per heavy atom. The monoisotopic (exact) mass is 436 g/mol. The predicted molar refractivity (Wildman–Crippen MR) is 127 cm³/mol. The topological polar surface area (TPSA) is 87.2 Å². The van der Waals surface area contributed by atoms with Crippen molar-refractivity contribution >= 4 is 16.9 Å². The van der Waals surface area contributed by atoms with E-state index in [-0.39, 0.29) is 5.56 Å². The highest BCUT2D eigenvalue weighted by atomic mass is 16.5. The van der Waals surface area contributed by atoms with E-state index < -0.39 is 0 Å². The van der Waals surface area contributed by atoms with Crippen molar-refractivity contribution in [3.8, 4) is 6.01 Å². The van der Waals surface area contributed by atoms with Crippen LogP contribution in [-0.2, 0) is 0 Å². The maximum Gasteiger partial charge on any atom is 0.318 e. The average Bonchev–Trinajstić information content (AvgIpc) is 2.79. The minimum atomic E-state index is -0.176. The first kappa shape index (κ1) is 22.2. The average molecular weight is 437 g/mol. The molecule has 8 heteroatoms. The molecule has 0 aromatic carbocycles. The Morgan fingerprint density at radius 3 is 2.62 bits per heavy atom. The molecule has 4 heterocycles. The standard InChI is InChI=1S/C24H32N6O2/c1-17(2)20-7-6-8-21(26-20)30-14-12-29(13-15-30)11-4-5-16-32-24-25-18(3)19-9-10-22(31)27-23(19)28-24/h6-10,17H,4-5,11-16H2,1-3H3,(H,25,27,28,31). The number of pyridine rings is 2. The lowest BCUT2D eigenvalue weighted by atomic mass is 10.1. The molecule has 1 saturated heterocycles. The number of rotatable bonds is 8. The molecule has 3 aromatic rings. The van der Waals surface area contributed by atoms with E-state index in [1.54, 1.807) is 6.07 Å². The van der Waals surface area contributed by atoms with Crippen LogP contribution in [0.1, 0.15) is 44.0 Å². The highest BCUT2D eigenvalue weighted by molar-refractivity contribution is 5.76. The third kappa shape index (κ3) is 5.43. The zero-order chi connectivity index (χ0) is 22.5. The molecule has 3 aromatic heterocycles. The van der Waals surface area contributed by atoms with Crippen LogP contribution in [0.3, 0.4) is 0 Å². The Hall–Kier alpha value is -3.00. The van der Waals surface area contributed by atoms with Crippen LogP contribution in [0.15, 0.2) is 35.1 Å². The van der Waals surface area contributed by atoms with Crippen molar-refractivity contribution in [2.75, 3.05) is 44.2 Å². The SMILES string of the molecule is Cc1nc(OCCCCN2CCN(c3cccc(C(C)C)n3)CC2)nc2[nH]c(=O)ccc12. The van der Waals surface area contributed by atoms with E-state index in [0.29, 0.717) is 24.2 Å². The molecule has 32 heavy (non-hydrogen) atoms. The second kappa shape index (κ2) is 10.1. The van der Waals surface area contributed by atoms with E-state index in [2.05, 4.69) is 56.8 Å². The third-order valence-electron chi connectivity index (χ3n) is 5.90. The van der Waals surface area contributed by atoms with E-state index in [4.69, 9.17) is 9.72 Å². The zero-order valence-electron chi connectivity index (χ0n) is 19.2. The number of aromatic nitrogens is 4. The number of piperazine rings is 1. The van der Waals surface area contributed by atoms with E-state index >= 15 is 0 Å². The molecule has 8 nitrogen and oxygen atoms in total. The summed E-state index contributed by atoms with van der Waals surface area (Å²) >= 11 is 0. The highest BCUT2D eigenvalue weighted by Gasteiger charge is 2.18. The van der Waals surface area contributed by atoms with Crippen LogP contribution in [0.4, 0.5) is 5.82 Å². The quantitative estimate of drug-likeness (QED) is 0.543. The summed E-state index contributed by atoms with van der Waals surface area (Å²) in [5, 5.41) is 0.835. The molecular weight excluding hydrogens is 404 g/mol. The number of anilines is 1. The molecule has 0 spiro atoms. The van der Waals surface area contributed by atoms with Gasteiger partial charge >= 0.3 is 6.01 Å². The summed E-state index contributed by atoms with van der Waals surface area (Å²) in [5.74, 6) is 1.54. The van der Waals surface area contributed by atoms with Gasteiger partial charge in [0.25, 0.3) is 0 Å². The fourth-order valence-electron chi connectivity index (χ4n) is 3.97. The lowest BCUT2D eigenvalue weighted by Crippen LogP contribution is -2.47. The molecule has 1 N–H and O–H groups in total. The van der Waals surface area contributed by atoms with Crippen molar-refractivity contribution in [2.24, 2.45) is 0 Å². The lowest BCUT2D eigenvalue weighted by Gasteiger charge is -2.35. The van der Waals surface area contributed by atoms with Crippen LogP contribution < -0.4 is 15.2 Å². The van der Waals surface area contributed by atoms with Crippen molar-refractivity contribution < 1.29 is 4.74 Å². The van der Waals surface area contributed by atoms with Crippen LogP contribution in [0.25, 0.3) is 11.0 Å². The van der Waals surface area contributed by atoms with Gasteiger partial charge in [0.15, 0.2) is 0 Å². The number of nitrogens with one attached hydrogen (secondary N) is 1. The van der Waals surface area contributed by atoms with Gasteiger partial charge in [-0.1, -0.05) is 19.9 Å². The van der Waals surface area contributed by atoms with Gasteiger partial charge in [0.2, 0.25) is 5.56 Å². The van der Waals surface area contributed by atoms with Gasteiger partial charge in [-0.3, -0.25) is 9.69 Å². The first-order chi connectivity index (χ1) is 15.5. The largest absolute Gasteiger partial charge is 0.463 e. The van der Waals surface area contributed by atoms with Crippen molar-refractivity contribution in [3.05, 3.63) is 52.1 Å².